The Bertz CT molecular complexity index is 416. The Balaban J connectivity index is 2.85. The number of halogens is 4. The molecule has 0 heterocycles. The van der Waals surface area contributed by atoms with Crippen molar-refractivity contribution >= 4 is 91.0 Å². The molecule has 0 saturated heterocycles. The lowest BCUT2D eigenvalue weighted by molar-refractivity contribution is -0.112. The molecule has 0 spiro atoms. The van der Waals surface area contributed by atoms with Gasteiger partial charge in [0.15, 0.2) is 0 Å². The van der Waals surface area contributed by atoms with Gasteiger partial charge in [-0.2, -0.15) is 0 Å². The van der Waals surface area contributed by atoms with Gasteiger partial charge < -0.3 is 5.32 Å². The van der Waals surface area contributed by atoms with Gasteiger partial charge in [-0.1, -0.05) is 23.7 Å². The van der Waals surface area contributed by atoms with Crippen LogP contribution in [-0.4, -0.2) is 5.91 Å². The molecule has 6 heteroatoms. The monoisotopic (exact) mass is 559 g/mol. The van der Waals surface area contributed by atoms with Gasteiger partial charge in [-0.05, 0) is 79.9 Å². The smallest absolute Gasteiger partial charge is 0.263 e. The predicted octanol–water partition coefficient (Wildman–Crippen LogP) is 4.75. The van der Waals surface area contributed by atoms with Gasteiger partial charge >= 0.3 is 0 Å². The second-order valence-electron chi connectivity index (χ2n) is 2.51. The maximum absolute atomic E-state index is 11.7. The van der Waals surface area contributed by atoms with E-state index in [2.05, 4.69) is 50.5 Å². The summed E-state index contributed by atoms with van der Waals surface area (Å²) in [4.78, 5) is 11.7. The minimum absolute atomic E-state index is 0.137. The molecular weight excluding hydrogens is 554 g/mol. The van der Waals surface area contributed by atoms with Crippen LogP contribution in [0.3, 0.4) is 0 Å². The molecule has 0 aliphatic rings. The van der Waals surface area contributed by atoms with Crippen molar-refractivity contribution in [1.82, 2.24) is 0 Å². The van der Waals surface area contributed by atoms with Crippen LogP contribution in [0.25, 0.3) is 0 Å². The summed E-state index contributed by atoms with van der Waals surface area (Å²) in [5.74, 6) is -0.137. The quantitative estimate of drug-likeness (QED) is 0.412. The second-order valence-corrected chi connectivity index (χ2v) is 8.22. The van der Waals surface area contributed by atoms with Crippen molar-refractivity contribution in [2.45, 2.75) is 0 Å². The van der Waals surface area contributed by atoms with Crippen molar-refractivity contribution in [2.75, 3.05) is 5.32 Å². The molecular formula is C9H5ClI3NO. The Labute approximate surface area is 134 Å². The molecule has 0 aromatic heterocycles. The number of rotatable bonds is 2. The second kappa shape index (κ2) is 6.60. The molecule has 1 aromatic rings. The standard InChI is InChI=1S/C9H5ClI3NO/c10-5-3-1-2-4-6(5)14-9(15)7(11)8(12)13/h1-4H,(H,14,15). The number of benzene rings is 1. The van der Waals surface area contributed by atoms with Crippen molar-refractivity contribution in [3.8, 4) is 0 Å². The van der Waals surface area contributed by atoms with Crippen LogP contribution >= 0.6 is 79.4 Å². The molecule has 80 valence electrons. The molecule has 1 rings (SSSR count). The molecule has 0 atom stereocenters. The maximum atomic E-state index is 11.7. The maximum Gasteiger partial charge on any atom is 0.263 e. The van der Waals surface area contributed by atoms with Gasteiger partial charge in [-0.3, -0.25) is 4.79 Å². The average molecular weight is 559 g/mol. The van der Waals surface area contributed by atoms with E-state index in [0.717, 1.165) is 1.59 Å². The summed E-state index contributed by atoms with van der Waals surface area (Å²) < 4.78 is 1.59. The zero-order chi connectivity index (χ0) is 11.4. The highest BCUT2D eigenvalue weighted by Crippen LogP contribution is 2.27. The summed E-state index contributed by atoms with van der Waals surface area (Å²) in [6.45, 7) is 0. The van der Waals surface area contributed by atoms with Crippen molar-refractivity contribution in [2.24, 2.45) is 0 Å². The van der Waals surface area contributed by atoms with Gasteiger partial charge in [0.25, 0.3) is 5.91 Å². The molecule has 1 amide bonds. The van der Waals surface area contributed by atoms with Crippen molar-refractivity contribution in [3.05, 3.63) is 34.5 Å². The third-order valence-electron chi connectivity index (χ3n) is 1.49. The highest BCUT2D eigenvalue weighted by Gasteiger charge is 2.10. The molecule has 2 nitrogen and oxygen atoms in total. The Morgan fingerprint density at radius 2 is 1.80 bits per heavy atom. The molecule has 0 fully saturated rings. The molecule has 0 bridgehead atoms. The lowest BCUT2D eigenvalue weighted by Crippen LogP contribution is -2.11. The molecule has 15 heavy (non-hydrogen) atoms. The molecule has 0 aliphatic heterocycles. The van der Waals surface area contributed by atoms with E-state index < -0.39 is 0 Å². The largest absolute Gasteiger partial charge is 0.320 e. The molecule has 0 aliphatic carbocycles. The minimum atomic E-state index is -0.137. The summed E-state index contributed by atoms with van der Waals surface area (Å²) >= 11 is 12.1. The molecule has 1 aromatic carbocycles. The first kappa shape index (κ1) is 14.0. The van der Waals surface area contributed by atoms with E-state index >= 15 is 0 Å². The zero-order valence-electron chi connectivity index (χ0n) is 7.23. The van der Waals surface area contributed by atoms with E-state index in [1.165, 1.54) is 0 Å². The zero-order valence-corrected chi connectivity index (χ0v) is 14.5. The van der Waals surface area contributed by atoms with Crippen molar-refractivity contribution in [3.63, 3.8) is 0 Å². The molecule has 0 saturated carbocycles. The minimum Gasteiger partial charge on any atom is -0.320 e. The number of amides is 1. The van der Waals surface area contributed by atoms with Crippen LogP contribution in [-0.2, 0) is 4.79 Å². The van der Waals surface area contributed by atoms with E-state index in [4.69, 9.17) is 11.6 Å². The first-order valence-electron chi connectivity index (χ1n) is 3.79. The number of hydrogen-bond acceptors (Lipinski definition) is 1. The van der Waals surface area contributed by atoms with Crippen molar-refractivity contribution in [1.29, 1.82) is 0 Å². The summed E-state index contributed by atoms with van der Waals surface area (Å²) in [7, 11) is 0. The van der Waals surface area contributed by atoms with Crippen LogP contribution in [0.1, 0.15) is 0 Å². The molecule has 1 N–H and O–H groups in total. The highest BCUT2D eigenvalue weighted by molar-refractivity contribution is 14.2. The fraction of sp³-hybridized carbons (Fsp3) is 0. The van der Waals surface area contributed by atoms with Crippen LogP contribution in [0.15, 0.2) is 29.4 Å². The van der Waals surface area contributed by atoms with Gasteiger partial charge in [0.05, 0.1) is 15.9 Å². The van der Waals surface area contributed by atoms with E-state index in [0.29, 0.717) is 14.3 Å². The number of para-hydroxylation sites is 1. The fourth-order valence-corrected chi connectivity index (χ4v) is 1.63. The van der Waals surface area contributed by atoms with Gasteiger partial charge in [0.2, 0.25) is 0 Å². The lowest BCUT2D eigenvalue weighted by atomic mass is 10.3. The Hall–Kier alpha value is 0.910. The summed E-state index contributed by atoms with van der Waals surface area (Å²) in [5, 5.41) is 3.29. The van der Waals surface area contributed by atoms with Gasteiger partial charge in [-0.15, -0.1) is 0 Å². The van der Waals surface area contributed by atoms with Gasteiger partial charge in [-0.25, -0.2) is 0 Å². The topological polar surface area (TPSA) is 29.1 Å². The average Bonchev–Trinajstić information content (AvgIpc) is 2.20. The number of nitrogens with one attached hydrogen (secondary N) is 1. The van der Waals surface area contributed by atoms with Crippen LogP contribution in [0.5, 0.6) is 0 Å². The number of hydrogen-bond donors (Lipinski definition) is 1. The first-order chi connectivity index (χ1) is 7.02. The Kier molecular flexibility index (Phi) is 6.15. The van der Waals surface area contributed by atoms with E-state index in [-0.39, 0.29) is 5.91 Å². The summed E-state index contributed by atoms with van der Waals surface area (Å²) in [6, 6.07) is 7.15. The van der Waals surface area contributed by atoms with Gasteiger partial charge in [0, 0.05) is 0 Å². The number of anilines is 1. The number of carbonyl (C=O) groups excluding carboxylic acids is 1. The summed E-state index contributed by atoms with van der Waals surface area (Å²) in [6.07, 6.45) is 0. The fourth-order valence-electron chi connectivity index (χ4n) is 0.826. The predicted molar refractivity (Wildman–Crippen MR) is 89.2 cm³/mol. The van der Waals surface area contributed by atoms with E-state index in [1.807, 2.05) is 34.7 Å². The Morgan fingerprint density at radius 1 is 1.20 bits per heavy atom. The Morgan fingerprint density at radius 3 is 2.33 bits per heavy atom. The van der Waals surface area contributed by atoms with Crippen LogP contribution in [0.2, 0.25) is 5.02 Å². The SMILES string of the molecule is O=C(Nc1ccccc1Cl)C(I)=C(I)I. The molecule has 0 radical (unpaired) electrons. The summed E-state index contributed by atoms with van der Waals surface area (Å²) in [5.41, 5.74) is 0.632. The third kappa shape index (κ3) is 4.35. The van der Waals surface area contributed by atoms with Crippen LogP contribution < -0.4 is 5.32 Å². The van der Waals surface area contributed by atoms with Crippen molar-refractivity contribution < 1.29 is 4.79 Å². The van der Waals surface area contributed by atoms with Crippen LogP contribution in [0, 0.1) is 0 Å². The van der Waals surface area contributed by atoms with Gasteiger partial charge in [0.1, 0.15) is 0 Å². The normalized spacial score (nSPS) is 9.60. The van der Waals surface area contributed by atoms with E-state index in [1.54, 1.807) is 12.1 Å². The molecule has 0 unspecified atom stereocenters. The number of carbonyl (C=O) groups is 1. The van der Waals surface area contributed by atoms with E-state index in [9.17, 15) is 4.79 Å². The lowest BCUT2D eigenvalue weighted by Gasteiger charge is -2.06. The third-order valence-corrected chi connectivity index (χ3v) is 5.99. The highest BCUT2D eigenvalue weighted by atomic mass is 127. The van der Waals surface area contributed by atoms with Crippen LogP contribution in [0.4, 0.5) is 5.69 Å². The first-order valence-corrected chi connectivity index (χ1v) is 7.40.